The minimum atomic E-state index is -1.00. The van der Waals surface area contributed by atoms with E-state index in [0.717, 1.165) is 18.1 Å². The molecule has 1 aliphatic carbocycles. The van der Waals surface area contributed by atoms with Gasteiger partial charge in [0.05, 0.1) is 0 Å². The lowest BCUT2D eigenvalue weighted by atomic mass is 10.0. The Morgan fingerprint density at radius 2 is 2.10 bits per heavy atom. The van der Waals surface area contributed by atoms with Gasteiger partial charge < -0.3 is 10.4 Å². The Labute approximate surface area is 124 Å². The zero-order valence-corrected chi connectivity index (χ0v) is 12.6. The number of hydrogen-bond donors (Lipinski definition) is 2. The molecule has 21 heavy (non-hydrogen) atoms. The molecule has 1 saturated carbocycles. The molecular formula is C17H21NO3. The highest BCUT2D eigenvalue weighted by Crippen LogP contribution is 2.50. The van der Waals surface area contributed by atoms with Gasteiger partial charge in [-0.05, 0) is 47.9 Å². The molecule has 112 valence electrons. The Morgan fingerprint density at radius 3 is 2.67 bits per heavy atom. The first-order chi connectivity index (χ1) is 9.79. The predicted molar refractivity (Wildman–Crippen MR) is 82.1 cm³/mol. The first-order valence-corrected chi connectivity index (χ1v) is 7.09. The first kappa shape index (κ1) is 15.3. The number of carboxylic acid groups (broad SMARTS) is 1. The number of amides is 1. The molecule has 0 heterocycles. The molecule has 1 fully saturated rings. The lowest BCUT2D eigenvalue weighted by molar-refractivity contribution is -0.131. The maximum absolute atomic E-state index is 12.2. The Balaban J connectivity index is 2.05. The van der Waals surface area contributed by atoms with Crippen LogP contribution in [0.15, 0.2) is 24.3 Å². The van der Waals surface area contributed by atoms with Crippen molar-refractivity contribution < 1.29 is 14.7 Å². The third kappa shape index (κ3) is 3.94. The summed E-state index contributed by atoms with van der Waals surface area (Å²) in [5, 5.41) is 11.6. The number of aliphatic carboxylic acids is 1. The van der Waals surface area contributed by atoms with Crippen molar-refractivity contribution in [3.05, 3.63) is 41.0 Å². The number of benzene rings is 1. The van der Waals surface area contributed by atoms with Gasteiger partial charge in [-0.15, -0.1) is 0 Å². The molecule has 2 rings (SSSR count). The molecule has 1 amide bonds. The van der Waals surface area contributed by atoms with Crippen LogP contribution in [0.5, 0.6) is 0 Å². The number of carboxylic acids is 1. The van der Waals surface area contributed by atoms with Crippen LogP contribution >= 0.6 is 0 Å². The highest BCUT2D eigenvalue weighted by atomic mass is 16.4. The fraction of sp³-hybridized carbons (Fsp3) is 0.412. The molecule has 1 unspecified atom stereocenters. The van der Waals surface area contributed by atoms with Gasteiger partial charge in [0.2, 0.25) is 0 Å². The molecule has 1 aromatic carbocycles. The van der Waals surface area contributed by atoms with Crippen LogP contribution in [0.25, 0.3) is 6.08 Å². The predicted octanol–water partition coefficient (Wildman–Crippen LogP) is 2.87. The molecule has 1 aromatic rings. The fourth-order valence-corrected chi connectivity index (χ4v) is 2.39. The van der Waals surface area contributed by atoms with Crippen LogP contribution < -0.4 is 5.32 Å². The lowest BCUT2D eigenvalue weighted by Gasteiger charge is -2.09. The quantitative estimate of drug-likeness (QED) is 0.818. The van der Waals surface area contributed by atoms with Crippen LogP contribution in [-0.2, 0) is 4.79 Å². The second kappa shape index (κ2) is 5.72. The highest BCUT2D eigenvalue weighted by molar-refractivity contribution is 5.96. The van der Waals surface area contributed by atoms with Crippen molar-refractivity contribution in [1.82, 2.24) is 5.32 Å². The van der Waals surface area contributed by atoms with E-state index in [2.05, 4.69) is 19.2 Å². The highest BCUT2D eigenvalue weighted by Gasteiger charge is 2.45. The summed E-state index contributed by atoms with van der Waals surface area (Å²) in [6.45, 7) is 6.97. The van der Waals surface area contributed by atoms with Crippen molar-refractivity contribution in [3.8, 4) is 0 Å². The van der Waals surface area contributed by atoms with Crippen LogP contribution in [0.3, 0.4) is 0 Å². The van der Waals surface area contributed by atoms with Gasteiger partial charge in [0, 0.05) is 18.2 Å². The van der Waals surface area contributed by atoms with E-state index in [1.54, 1.807) is 12.1 Å². The number of hydrogen-bond acceptors (Lipinski definition) is 2. The molecule has 0 bridgehead atoms. The summed E-state index contributed by atoms with van der Waals surface area (Å²) in [7, 11) is 0. The summed E-state index contributed by atoms with van der Waals surface area (Å²) in [5.41, 5.74) is 2.53. The van der Waals surface area contributed by atoms with Gasteiger partial charge in [0.15, 0.2) is 0 Å². The minimum Gasteiger partial charge on any atom is -0.478 e. The number of aryl methyl sites for hydroxylation is 1. The normalized spacial score (nSPS) is 19.5. The van der Waals surface area contributed by atoms with Gasteiger partial charge in [0.1, 0.15) is 0 Å². The van der Waals surface area contributed by atoms with Crippen molar-refractivity contribution in [2.75, 3.05) is 6.54 Å². The van der Waals surface area contributed by atoms with Crippen LogP contribution in [-0.4, -0.2) is 23.5 Å². The van der Waals surface area contributed by atoms with Crippen LogP contribution in [0.1, 0.15) is 41.8 Å². The largest absolute Gasteiger partial charge is 0.478 e. The van der Waals surface area contributed by atoms with Gasteiger partial charge in [-0.2, -0.15) is 0 Å². The standard InChI is InChI=1S/C17H21NO3/c1-11-4-5-12(6-7-15(19)20)8-14(11)16(21)18-10-13-9-17(13,2)3/h4-8,13H,9-10H2,1-3H3,(H,18,21)(H,19,20)/b7-6+. The summed E-state index contributed by atoms with van der Waals surface area (Å²) in [6, 6.07) is 5.36. The molecule has 0 spiro atoms. The molecular weight excluding hydrogens is 266 g/mol. The molecule has 4 heteroatoms. The van der Waals surface area contributed by atoms with E-state index < -0.39 is 5.97 Å². The zero-order valence-electron chi connectivity index (χ0n) is 12.6. The monoisotopic (exact) mass is 287 g/mol. The average molecular weight is 287 g/mol. The summed E-state index contributed by atoms with van der Waals surface area (Å²) >= 11 is 0. The molecule has 2 N–H and O–H groups in total. The number of carbonyl (C=O) groups is 2. The number of rotatable bonds is 5. The molecule has 0 aliphatic heterocycles. The zero-order chi connectivity index (χ0) is 15.6. The van der Waals surface area contributed by atoms with E-state index in [1.165, 1.54) is 6.08 Å². The van der Waals surface area contributed by atoms with Crippen LogP contribution in [0.4, 0.5) is 0 Å². The van der Waals surface area contributed by atoms with Crippen LogP contribution in [0.2, 0.25) is 0 Å². The summed E-state index contributed by atoms with van der Waals surface area (Å²) in [5.74, 6) is -0.546. The van der Waals surface area contributed by atoms with Crippen molar-refractivity contribution in [1.29, 1.82) is 0 Å². The Hall–Kier alpha value is -2.10. The maximum Gasteiger partial charge on any atom is 0.328 e. The van der Waals surface area contributed by atoms with Crippen molar-refractivity contribution in [2.45, 2.75) is 27.2 Å². The topological polar surface area (TPSA) is 66.4 Å². The first-order valence-electron chi connectivity index (χ1n) is 7.09. The third-order valence-corrected chi connectivity index (χ3v) is 4.15. The maximum atomic E-state index is 12.2. The Bertz CT molecular complexity index is 602. The summed E-state index contributed by atoms with van der Waals surface area (Å²) in [4.78, 5) is 22.8. The van der Waals surface area contributed by atoms with Gasteiger partial charge in [-0.3, -0.25) is 4.79 Å². The van der Waals surface area contributed by atoms with Gasteiger partial charge in [0.25, 0.3) is 5.91 Å². The van der Waals surface area contributed by atoms with E-state index in [0.29, 0.717) is 29.0 Å². The molecule has 1 aliphatic rings. The smallest absolute Gasteiger partial charge is 0.328 e. The van der Waals surface area contributed by atoms with E-state index in [9.17, 15) is 9.59 Å². The van der Waals surface area contributed by atoms with Crippen molar-refractivity contribution in [3.63, 3.8) is 0 Å². The molecule has 0 aromatic heterocycles. The summed E-state index contributed by atoms with van der Waals surface area (Å²) in [6.07, 6.45) is 3.70. The lowest BCUT2D eigenvalue weighted by Crippen LogP contribution is -2.27. The number of carbonyl (C=O) groups excluding carboxylic acids is 1. The number of nitrogens with one attached hydrogen (secondary N) is 1. The van der Waals surface area contributed by atoms with Crippen LogP contribution in [0, 0.1) is 18.3 Å². The Kier molecular flexibility index (Phi) is 4.16. The van der Waals surface area contributed by atoms with E-state index in [1.807, 2.05) is 13.0 Å². The van der Waals surface area contributed by atoms with E-state index in [-0.39, 0.29) is 5.91 Å². The molecule has 0 radical (unpaired) electrons. The molecule has 1 atom stereocenters. The summed E-state index contributed by atoms with van der Waals surface area (Å²) < 4.78 is 0. The second-order valence-corrected chi connectivity index (χ2v) is 6.35. The third-order valence-electron chi connectivity index (χ3n) is 4.15. The van der Waals surface area contributed by atoms with E-state index >= 15 is 0 Å². The van der Waals surface area contributed by atoms with Gasteiger partial charge >= 0.3 is 5.97 Å². The van der Waals surface area contributed by atoms with Crippen molar-refractivity contribution >= 4 is 18.0 Å². The van der Waals surface area contributed by atoms with Gasteiger partial charge in [-0.1, -0.05) is 26.0 Å². The average Bonchev–Trinajstić information content (AvgIpc) is 3.02. The molecule has 0 saturated heterocycles. The van der Waals surface area contributed by atoms with Gasteiger partial charge in [-0.25, -0.2) is 4.79 Å². The second-order valence-electron chi connectivity index (χ2n) is 6.35. The van der Waals surface area contributed by atoms with Crippen molar-refractivity contribution in [2.24, 2.45) is 11.3 Å². The SMILES string of the molecule is Cc1ccc(/C=C/C(=O)O)cc1C(=O)NCC1CC1(C)C. The molecule has 4 nitrogen and oxygen atoms in total. The Morgan fingerprint density at radius 1 is 1.43 bits per heavy atom. The minimum absolute atomic E-state index is 0.0965. The van der Waals surface area contributed by atoms with E-state index in [4.69, 9.17) is 5.11 Å². The fourth-order valence-electron chi connectivity index (χ4n) is 2.39.